The summed E-state index contributed by atoms with van der Waals surface area (Å²) < 4.78 is 215. The molecule has 0 unspecified atom stereocenters. The van der Waals surface area contributed by atoms with Crippen molar-refractivity contribution in [3.8, 4) is 0 Å². The van der Waals surface area contributed by atoms with Gasteiger partial charge in [-0.05, 0) is 254 Å². The fraction of sp³-hybridized carbons (Fsp3) is 0.450. The molecule has 5 heterocycles. The van der Waals surface area contributed by atoms with Crippen LogP contribution in [0.5, 0.6) is 0 Å². The molecule has 15 rings (SSSR count). The van der Waals surface area contributed by atoms with Crippen LogP contribution in [0.15, 0.2) is 163 Å². The zero-order chi connectivity index (χ0) is 106. The normalized spacial score (nSPS) is 16.0. The standard InChI is InChI=1S/C22H29FN2O5S.2C20H25FN2O5S.C19H22ClFN2O4S.C19H23FN2O4S/c1-4-15-10-19(24-31(29,30)22(7-8-22)12-17(27)13-26)20(25(3)21(15)28)11-16-6-5-14(2)9-18(16)23;2*1-13-3-4-14(16(21)9-13)10-18-17(5-6-19(26)23(18)2)22-29(27,28)20(7-8-20)11-15(25)12-24;1-12-3-4-13(15(21)9-12)10-17-16(11-14(20)18(25)23(17)2)22-28(26,27)19(5-6-19)7-8-24;1-13-3-4-14(15(20)11-13)12-17-16(5-6-18(24)22(17)2)21-27(25,26)19(7-8-19)9-10-23/h5-6,9-10,17,24,26-27H,4,7-8,11-13H2,1-3H3;2*3-6,9,15,22,24-25H,7-8,10-12H2,1-2H3;3-4,9,11,22,24H,5-8,10H2,1-2H3;3-6,11,21,23H,7-10,12H2,1-2H3/t17-;2*15-;;/m010../s1. The molecule has 5 aliphatic rings. The number of hydrogen-bond acceptors (Lipinski definition) is 23. The summed E-state index contributed by atoms with van der Waals surface area (Å²) in [5.74, 6) is -2.13. The summed E-state index contributed by atoms with van der Waals surface area (Å²) in [4.78, 5) is 61.2. The van der Waals surface area contributed by atoms with Crippen molar-refractivity contribution in [1.82, 2.24) is 22.8 Å². The maximum atomic E-state index is 14.5. The van der Waals surface area contributed by atoms with E-state index in [1.54, 1.807) is 109 Å². The lowest BCUT2D eigenvalue weighted by atomic mass is 10.0. The van der Waals surface area contributed by atoms with Crippen molar-refractivity contribution in [3.63, 3.8) is 0 Å². The molecule has 784 valence electrons. The van der Waals surface area contributed by atoms with Crippen LogP contribution in [-0.2, 0) is 124 Å². The number of aliphatic hydroxyl groups excluding tert-OH is 8. The van der Waals surface area contributed by atoms with Gasteiger partial charge in [0, 0.05) is 133 Å². The molecule has 44 heteroatoms. The van der Waals surface area contributed by atoms with Crippen LogP contribution in [0.3, 0.4) is 0 Å². The fourth-order valence-corrected chi connectivity index (χ4v) is 26.0. The quantitative estimate of drug-likeness (QED) is 0.0159. The number of aromatic nitrogens is 5. The van der Waals surface area contributed by atoms with Gasteiger partial charge in [0.1, 0.15) is 34.1 Å². The first-order valence-electron chi connectivity index (χ1n) is 46.6. The Morgan fingerprint density at radius 3 is 0.757 bits per heavy atom. The van der Waals surface area contributed by atoms with Gasteiger partial charge in [0.25, 0.3) is 27.8 Å². The summed E-state index contributed by atoms with van der Waals surface area (Å²) in [6, 6.07) is 34.5. The second-order valence-electron chi connectivity index (χ2n) is 38.1. The van der Waals surface area contributed by atoms with Crippen LogP contribution in [0.25, 0.3) is 0 Å². The zero-order valence-electron chi connectivity index (χ0n) is 81.6. The van der Waals surface area contributed by atoms with Gasteiger partial charge >= 0.3 is 0 Å². The smallest absolute Gasteiger partial charge is 0.269 e. The molecular weight excluding hydrogens is 2000 g/mol. The molecule has 0 amide bonds. The third-order valence-corrected chi connectivity index (χ3v) is 38.7. The molecule has 5 aliphatic carbocycles. The Balaban J connectivity index is 0.000000172. The van der Waals surface area contributed by atoms with Gasteiger partial charge in [0.05, 0.1) is 90.3 Å². The van der Waals surface area contributed by atoms with Crippen molar-refractivity contribution < 1.29 is 105 Å². The summed E-state index contributed by atoms with van der Waals surface area (Å²) in [7, 11) is -11.7. The molecule has 13 N–H and O–H groups in total. The molecular formula is C100H124ClF5N10O23S5. The number of hydrogen-bond donors (Lipinski definition) is 13. The number of sulfonamides is 5. The third-order valence-electron chi connectivity index (χ3n) is 27.3. The van der Waals surface area contributed by atoms with Gasteiger partial charge in [0.2, 0.25) is 50.1 Å². The number of halogens is 6. The average molecular weight is 2120 g/mol. The topological polar surface area (TPSA) is 503 Å². The van der Waals surface area contributed by atoms with Crippen LogP contribution in [0.4, 0.5) is 50.4 Å². The van der Waals surface area contributed by atoms with Crippen LogP contribution in [0.2, 0.25) is 5.02 Å². The van der Waals surface area contributed by atoms with E-state index in [-0.39, 0.29) is 133 Å². The van der Waals surface area contributed by atoms with E-state index in [0.717, 1.165) is 27.8 Å². The predicted octanol–water partition coefficient (Wildman–Crippen LogP) is 9.70. The van der Waals surface area contributed by atoms with Crippen LogP contribution < -0.4 is 51.4 Å². The predicted molar refractivity (Wildman–Crippen MR) is 542 cm³/mol. The number of benzene rings is 5. The Hall–Kier alpha value is -10.8. The number of rotatable bonds is 39. The lowest BCUT2D eigenvalue weighted by Crippen LogP contribution is -2.35. The average Bonchev–Trinajstić information content (AvgIpc) is 1.58. The molecule has 5 aromatic heterocycles. The third kappa shape index (κ3) is 26.2. The number of nitrogens with zero attached hydrogens (tertiary/aromatic N) is 5. The number of nitrogens with one attached hydrogen (secondary N) is 5. The second kappa shape index (κ2) is 45.7. The number of aryl methyl sites for hydroxylation is 6. The van der Waals surface area contributed by atoms with E-state index in [0.29, 0.717) is 132 Å². The van der Waals surface area contributed by atoms with Gasteiger partial charge in [-0.1, -0.05) is 79.2 Å². The number of aliphatic hydroxyl groups is 8. The molecule has 0 aliphatic heterocycles. The molecule has 0 saturated heterocycles. The Bertz CT molecular complexity index is 7240. The minimum Gasteiger partial charge on any atom is -0.396 e. The summed E-state index contributed by atoms with van der Waals surface area (Å²) in [5.41, 5.74) is 6.95. The Morgan fingerprint density at radius 1 is 0.312 bits per heavy atom. The largest absolute Gasteiger partial charge is 0.396 e. The van der Waals surface area contributed by atoms with Crippen LogP contribution in [0, 0.1) is 63.7 Å². The van der Waals surface area contributed by atoms with E-state index in [9.17, 15) is 114 Å². The van der Waals surface area contributed by atoms with Gasteiger partial charge in [-0.2, -0.15) is 0 Å². The Kier molecular flexibility index (Phi) is 36.0. The molecule has 5 saturated carbocycles. The minimum absolute atomic E-state index is 0.0138. The molecule has 10 aromatic rings. The van der Waals surface area contributed by atoms with Gasteiger partial charge in [0.15, 0.2) is 0 Å². The second-order valence-corrected chi connectivity index (χ2v) is 48.9. The lowest BCUT2D eigenvalue weighted by Gasteiger charge is -2.23. The van der Waals surface area contributed by atoms with Crippen molar-refractivity contribution in [2.75, 3.05) is 56.6 Å². The maximum absolute atomic E-state index is 14.5. The van der Waals surface area contributed by atoms with Gasteiger partial charge in [-0.3, -0.25) is 47.6 Å². The highest BCUT2D eigenvalue weighted by atomic mass is 35.5. The van der Waals surface area contributed by atoms with Crippen molar-refractivity contribution in [3.05, 3.63) is 315 Å². The lowest BCUT2D eigenvalue weighted by molar-refractivity contribution is 0.0858. The summed E-state index contributed by atoms with van der Waals surface area (Å²) in [5, 5.41) is 74.7. The van der Waals surface area contributed by atoms with Crippen molar-refractivity contribution in [1.29, 1.82) is 0 Å². The molecule has 0 spiro atoms. The first kappa shape index (κ1) is 114. The van der Waals surface area contributed by atoms with Crippen LogP contribution in [-0.4, -0.2) is 181 Å². The van der Waals surface area contributed by atoms with Gasteiger partial charge < -0.3 is 63.7 Å². The van der Waals surface area contributed by atoms with E-state index in [4.69, 9.17) is 26.9 Å². The van der Waals surface area contributed by atoms with Gasteiger partial charge in [-0.15, -0.1) is 0 Å². The van der Waals surface area contributed by atoms with Crippen molar-refractivity contribution >= 4 is 90.2 Å². The van der Waals surface area contributed by atoms with E-state index in [2.05, 4.69) is 23.6 Å². The van der Waals surface area contributed by atoms with E-state index < -0.39 is 147 Å². The number of pyridine rings is 5. The SMILES string of the molecule is CCc1cc(NS(=O)(=O)C2(C[C@H](O)CO)CC2)c(Cc2ccc(C)cc2F)n(C)c1=O.Cc1ccc(Cc2c(NS(=O)(=O)C3(CCO)CC3)cc(Cl)c(=O)n2C)c(F)c1.Cc1ccc(Cc2c(NS(=O)(=O)C3(CCO)CC3)ccc(=O)n2C)c(F)c1.Cc1ccc(Cc2c(NS(=O)(=O)C3(C[C@@H](O)CO)CC3)ccc(=O)n2C)c(F)c1.Cc1ccc(Cc2c(NS(=O)(=O)C3(C[C@H](O)CO)CC3)ccc(=O)n2C)c(F)c1. The summed E-state index contributed by atoms with van der Waals surface area (Å²) in [6.07, 6.45) is 1.34. The Morgan fingerprint density at radius 2 is 0.535 bits per heavy atom. The number of anilines is 5. The molecule has 5 fully saturated rings. The van der Waals surface area contributed by atoms with E-state index in [1.807, 2.05) is 0 Å². The van der Waals surface area contributed by atoms with Crippen LogP contribution >= 0.6 is 11.6 Å². The molecule has 3 atom stereocenters. The van der Waals surface area contributed by atoms with Crippen molar-refractivity contribution in [2.45, 2.75) is 218 Å². The summed E-state index contributed by atoms with van der Waals surface area (Å²) in [6.45, 7) is 8.64. The zero-order valence-corrected chi connectivity index (χ0v) is 86.5. The maximum Gasteiger partial charge on any atom is 0.269 e. The van der Waals surface area contributed by atoms with Crippen LogP contribution in [0.1, 0.15) is 193 Å². The molecule has 5 aromatic carbocycles. The Labute approximate surface area is 837 Å². The highest BCUT2D eigenvalue weighted by Gasteiger charge is 2.59. The molecule has 0 bridgehead atoms. The summed E-state index contributed by atoms with van der Waals surface area (Å²) >= 11 is 5.98. The molecule has 0 radical (unpaired) electrons. The van der Waals surface area contributed by atoms with Gasteiger partial charge in [-0.25, -0.2) is 64.0 Å². The van der Waals surface area contributed by atoms with Crippen molar-refractivity contribution in [2.24, 2.45) is 35.2 Å². The van der Waals surface area contributed by atoms with E-state index in [1.165, 1.54) is 130 Å². The monoisotopic (exact) mass is 2120 g/mol. The molecule has 33 nitrogen and oxygen atoms in total. The van der Waals surface area contributed by atoms with E-state index >= 15 is 0 Å². The first-order valence-corrected chi connectivity index (χ1v) is 54.4. The molecule has 144 heavy (non-hydrogen) atoms. The fourth-order valence-electron chi connectivity index (χ4n) is 17.2. The minimum atomic E-state index is -3.92. The first-order chi connectivity index (χ1) is 67.5. The highest BCUT2D eigenvalue weighted by Crippen LogP contribution is 2.52. The highest BCUT2D eigenvalue weighted by molar-refractivity contribution is 7.95.